The lowest BCUT2D eigenvalue weighted by Crippen LogP contribution is -2.12. The molecule has 2 aromatic carbocycles. The fourth-order valence-corrected chi connectivity index (χ4v) is 5.01. The van der Waals surface area contributed by atoms with Crippen molar-refractivity contribution in [2.24, 2.45) is 0 Å². The van der Waals surface area contributed by atoms with E-state index in [1.54, 1.807) is 11.3 Å². The van der Waals surface area contributed by atoms with Gasteiger partial charge in [-0.1, -0.05) is 59.9 Å². The number of aryl methyl sites for hydroxylation is 2. The lowest BCUT2D eigenvalue weighted by Gasteiger charge is -2.09. The molecule has 3 aromatic heterocycles. The first-order chi connectivity index (χ1) is 14.6. The molecule has 0 radical (unpaired) electrons. The zero-order valence-corrected chi connectivity index (χ0v) is 18.1. The molecule has 148 valence electrons. The average molecular weight is 431 g/mol. The van der Waals surface area contributed by atoms with Crippen LogP contribution in [0.4, 0.5) is 5.69 Å². The summed E-state index contributed by atoms with van der Waals surface area (Å²) in [7, 11) is 0. The Bertz CT molecular complexity index is 1360. The number of para-hydroxylation sites is 1. The molecule has 0 fully saturated rings. The van der Waals surface area contributed by atoms with Gasteiger partial charge in [-0.15, -0.1) is 11.3 Å². The molecule has 5 nitrogen and oxygen atoms in total. The molecule has 0 aliphatic rings. The van der Waals surface area contributed by atoms with Crippen molar-refractivity contribution in [3.63, 3.8) is 0 Å². The molecule has 1 amide bonds. The minimum absolute atomic E-state index is 0.135. The highest BCUT2D eigenvalue weighted by Gasteiger charge is 2.19. The molecule has 5 rings (SSSR count). The van der Waals surface area contributed by atoms with Gasteiger partial charge < -0.3 is 5.32 Å². The molecule has 30 heavy (non-hydrogen) atoms. The van der Waals surface area contributed by atoms with E-state index in [0.717, 1.165) is 43.9 Å². The summed E-state index contributed by atoms with van der Waals surface area (Å²) in [6.45, 7) is 3.93. The summed E-state index contributed by atoms with van der Waals surface area (Å²) in [6, 6.07) is 17.8. The molecule has 0 unspecified atom stereocenters. The Morgan fingerprint density at radius 2 is 1.73 bits per heavy atom. The van der Waals surface area contributed by atoms with Gasteiger partial charge in [0, 0.05) is 28.4 Å². The van der Waals surface area contributed by atoms with Crippen LogP contribution < -0.4 is 5.32 Å². The van der Waals surface area contributed by atoms with Gasteiger partial charge in [-0.3, -0.25) is 9.20 Å². The molecular formula is C23H18N4OS2. The van der Waals surface area contributed by atoms with E-state index in [2.05, 4.69) is 10.3 Å². The normalized spacial score (nSPS) is 11.1. The number of carbonyl (C=O) groups excluding carboxylic acids is 1. The van der Waals surface area contributed by atoms with Crippen LogP contribution in [-0.4, -0.2) is 20.3 Å². The van der Waals surface area contributed by atoms with Crippen molar-refractivity contribution in [2.75, 3.05) is 5.32 Å². The number of imidazole rings is 1. The van der Waals surface area contributed by atoms with Crippen LogP contribution in [0.15, 0.2) is 66.2 Å². The van der Waals surface area contributed by atoms with Crippen LogP contribution in [0.2, 0.25) is 0 Å². The Labute approximate surface area is 181 Å². The third kappa shape index (κ3) is 3.32. The number of carbonyl (C=O) groups is 1. The summed E-state index contributed by atoms with van der Waals surface area (Å²) in [5.74, 6) is -0.135. The number of nitrogens with zero attached hydrogens (tertiary/aromatic N) is 3. The third-order valence-corrected chi connectivity index (χ3v) is 6.83. The summed E-state index contributed by atoms with van der Waals surface area (Å²) in [4.78, 5) is 23.8. The maximum atomic E-state index is 13.1. The summed E-state index contributed by atoms with van der Waals surface area (Å²) in [5, 5.41) is 6.07. The van der Waals surface area contributed by atoms with E-state index in [1.807, 2.05) is 84.4 Å². The van der Waals surface area contributed by atoms with Crippen molar-refractivity contribution in [3.05, 3.63) is 81.8 Å². The van der Waals surface area contributed by atoms with Crippen LogP contribution >= 0.6 is 22.7 Å². The number of benzene rings is 2. The molecular weight excluding hydrogens is 412 g/mol. The molecule has 0 saturated heterocycles. The Balaban J connectivity index is 1.46. The van der Waals surface area contributed by atoms with Gasteiger partial charge in [0.05, 0.1) is 22.1 Å². The van der Waals surface area contributed by atoms with Crippen LogP contribution in [-0.2, 0) is 0 Å². The molecule has 0 atom stereocenters. The predicted octanol–water partition coefficient (Wildman–Crippen LogP) is 6.06. The van der Waals surface area contributed by atoms with Gasteiger partial charge in [-0.25, -0.2) is 9.97 Å². The first-order valence-corrected chi connectivity index (χ1v) is 11.2. The molecule has 5 aromatic rings. The van der Waals surface area contributed by atoms with E-state index < -0.39 is 0 Å². The maximum Gasteiger partial charge on any atom is 0.267 e. The van der Waals surface area contributed by atoms with Gasteiger partial charge in [-0.05, 0) is 19.9 Å². The number of anilines is 1. The Kier molecular flexibility index (Phi) is 4.69. The number of amides is 1. The first-order valence-electron chi connectivity index (χ1n) is 9.47. The number of hydrogen-bond donors (Lipinski definition) is 1. The monoisotopic (exact) mass is 430 g/mol. The van der Waals surface area contributed by atoms with E-state index in [4.69, 9.17) is 4.98 Å². The maximum absolute atomic E-state index is 13.1. The number of nitrogens with one attached hydrogen (secondary N) is 1. The smallest absolute Gasteiger partial charge is 0.267 e. The number of aromatic nitrogens is 3. The zero-order valence-electron chi connectivity index (χ0n) is 16.4. The molecule has 3 heterocycles. The predicted molar refractivity (Wildman–Crippen MR) is 123 cm³/mol. The van der Waals surface area contributed by atoms with Crippen LogP contribution in [0.1, 0.15) is 20.4 Å². The Hall–Kier alpha value is -3.29. The van der Waals surface area contributed by atoms with Crippen molar-refractivity contribution < 1.29 is 4.79 Å². The summed E-state index contributed by atoms with van der Waals surface area (Å²) in [5.41, 5.74) is 5.39. The van der Waals surface area contributed by atoms with E-state index in [0.29, 0.717) is 4.88 Å². The van der Waals surface area contributed by atoms with Crippen LogP contribution in [0.3, 0.4) is 0 Å². The average Bonchev–Trinajstić information content (AvgIpc) is 3.45. The number of hydrogen-bond acceptors (Lipinski definition) is 5. The topological polar surface area (TPSA) is 59.3 Å². The first kappa shape index (κ1) is 18.7. The van der Waals surface area contributed by atoms with Crippen molar-refractivity contribution in [2.45, 2.75) is 13.8 Å². The second-order valence-corrected chi connectivity index (χ2v) is 8.95. The van der Waals surface area contributed by atoms with Crippen LogP contribution in [0.25, 0.3) is 27.5 Å². The minimum Gasteiger partial charge on any atom is -0.321 e. The van der Waals surface area contributed by atoms with Crippen LogP contribution in [0, 0.1) is 13.8 Å². The van der Waals surface area contributed by atoms with Crippen molar-refractivity contribution >= 4 is 39.2 Å². The van der Waals surface area contributed by atoms with Crippen molar-refractivity contribution in [1.29, 1.82) is 0 Å². The van der Waals surface area contributed by atoms with Gasteiger partial charge in [-0.2, -0.15) is 0 Å². The highest BCUT2D eigenvalue weighted by atomic mass is 32.1. The summed E-state index contributed by atoms with van der Waals surface area (Å²) < 4.78 is 1.98. The second kappa shape index (κ2) is 7.51. The number of rotatable bonds is 4. The summed E-state index contributed by atoms with van der Waals surface area (Å²) >= 11 is 2.99. The molecule has 0 saturated carbocycles. The lowest BCUT2D eigenvalue weighted by molar-refractivity contribution is 0.102. The minimum atomic E-state index is -0.135. The molecule has 0 aliphatic heterocycles. The number of thiazole rings is 2. The second-order valence-electron chi connectivity index (χ2n) is 6.91. The quantitative estimate of drug-likeness (QED) is 0.377. The van der Waals surface area contributed by atoms with Crippen molar-refractivity contribution in [1.82, 2.24) is 14.4 Å². The largest absolute Gasteiger partial charge is 0.321 e. The van der Waals surface area contributed by atoms with E-state index in [9.17, 15) is 4.79 Å². The van der Waals surface area contributed by atoms with Crippen LogP contribution in [0.5, 0.6) is 0 Å². The molecule has 7 heteroatoms. The van der Waals surface area contributed by atoms with E-state index >= 15 is 0 Å². The van der Waals surface area contributed by atoms with Gasteiger partial charge >= 0.3 is 0 Å². The highest BCUT2D eigenvalue weighted by Crippen LogP contribution is 2.31. The number of fused-ring (bicyclic) bond motifs is 1. The molecule has 0 spiro atoms. The standard InChI is InChI=1S/C23H18N4OS2/c1-14-21(30-23-26-19(12-27(14)23)16-8-4-3-5-9-16)22(28)25-18-11-7-6-10-17(18)20-13-29-15(2)24-20/h3-13H,1-2H3,(H,25,28). The Morgan fingerprint density at radius 3 is 2.47 bits per heavy atom. The zero-order chi connectivity index (χ0) is 20.7. The van der Waals surface area contributed by atoms with E-state index in [-0.39, 0.29) is 5.91 Å². The van der Waals surface area contributed by atoms with Gasteiger partial charge in [0.25, 0.3) is 5.91 Å². The van der Waals surface area contributed by atoms with Gasteiger partial charge in [0.2, 0.25) is 0 Å². The molecule has 0 aliphatic carbocycles. The molecule has 0 bridgehead atoms. The van der Waals surface area contributed by atoms with E-state index in [1.165, 1.54) is 11.3 Å². The lowest BCUT2D eigenvalue weighted by atomic mass is 10.1. The third-order valence-electron chi connectivity index (χ3n) is 4.90. The fourth-order valence-electron chi connectivity index (χ4n) is 3.39. The Morgan fingerprint density at radius 1 is 0.967 bits per heavy atom. The summed E-state index contributed by atoms with van der Waals surface area (Å²) in [6.07, 6.45) is 1.99. The SMILES string of the molecule is Cc1nc(-c2ccccc2NC(=O)c2sc3nc(-c4ccccc4)cn3c2C)cs1. The molecule has 1 N–H and O–H groups in total. The van der Waals surface area contributed by atoms with Gasteiger partial charge in [0.15, 0.2) is 4.96 Å². The fraction of sp³-hybridized carbons (Fsp3) is 0.0870. The highest BCUT2D eigenvalue weighted by molar-refractivity contribution is 7.19. The van der Waals surface area contributed by atoms with Crippen molar-refractivity contribution in [3.8, 4) is 22.5 Å². The van der Waals surface area contributed by atoms with Gasteiger partial charge in [0.1, 0.15) is 4.88 Å².